The molecule has 3 heterocycles. The number of rotatable bonds is 2. The van der Waals surface area contributed by atoms with Crippen LogP contribution in [0.1, 0.15) is 70.9 Å². The number of fused-ring (bicyclic) bond motifs is 1. The van der Waals surface area contributed by atoms with Gasteiger partial charge in [0.15, 0.2) is 0 Å². The molecule has 4 aliphatic rings. The van der Waals surface area contributed by atoms with Gasteiger partial charge in [-0.15, -0.1) is 0 Å². The van der Waals surface area contributed by atoms with E-state index in [0.717, 1.165) is 4.75 Å². The third-order valence-electron chi connectivity index (χ3n) is 9.04. The minimum absolute atomic E-state index is 0. The Morgan fingerprint density at radius 2 is 1.44 bits per heavy atom. The molecule has 4 aromatic rings. The number of allylic oxidation sites excluding steroid dienone is 2. The zero-order valence-corrected chi connectivity index (χ0v) is 31.1. The standard InChI is InChI=1S/C20H21.C16H17GeN.2ClH.Zr/c1-14-12-16-6-5-7-18(19(16)13-14)15-8-10-17(11-9-15)20(2,3)4;1-11-14-13-9-10-18(12-7-5-4-6-8-12)16(13)15(11)17(14,2)3;;;/h5-13H,1-4H3;4-10,15H,1-3H3;2*1H;/q;;;;+2/p-2. The minimum atomic E-state index is -1.69. The molecule has 3 aromatic carbocycles. The van der Waals surface area contributed by atoms with E-state index >= 15 is 0 Å². The molecule has 2 aliphatic heterocycles. The van der Waals surface area contributed by atoms with Crippen LogP contribution in [0.2, 0.25) is 11.5 Å². The maximum Gasteiger partial charge on any atom is -1.00 e. The van der Waals surface area contributed by atoms with Crippen molar-refractivity contribution in [2.24, 2.45) is 0 Å². The van der Waals surface area contributed by atoms with Crippen molar-refractivity contribution in [3.05, 3.63) is 124 Å². The van der Waals surface area contributed by atoms with Gasteiger partial charge in [0.1, 0.15) is 0 Å². The van der Waals surface area contributed by atoms with Gasteiger partial charge in [0.25, 0.3) is 0 Å². The first kappa shape index (κ1) is 32.3. The third kappa shape index (κ3) is 5.37. The van der Waals surface area contributed by atoms with E-state index in [1.54, 1.807) is 46.0 Å². The van der Waals surface area contributed by atoms with Crippen LogP contribution in [0.15, 0.2) is 96.2 Å². The minimum Gasteiger partial charge on any atom is -1.00 e. The second kappa shape index (κ2) is 11.8. The SMILES string of the molecule is CC1=Cc2c(-c3ccc(C(C)(C)C)cc3)cccc2[CH]1[Zr+2].CC1=[C]2c3ccn(-c4ccccc4)c3[CH]1[Ge]2([CH3])[CH3].[Cl-].[Cl-]. The summed E-state index contributed by atoms with van der Waals surface area (Å²) in [7, 11) is 0. The van der Waals surface area contributed by atoms with Crippen molar-refractivity contribution >= 4 is 23.7 Å². The molecule has 0 spiro atoms. The molecule has 2 atom stereocenters. The Bertz CT molecular complexity index is 1640. The Labute approximate surface area is 276 Å². The molecule has 41 heavy (non-hydrogen) atoms. The Morgan fingerprint density at radius 1 is 0.780 bits per heavy atom. The van der Waals surface area contributed by atoms with Crippen LogP contribution in [0.25, 0.3) is 27.3 Å². The van der Waals surface area contributed by atoms with Crippen LogP contribution < -0.4 is 24.8 Å². The Morgan fingerprint density at radius 3 is 2.05 bits per heavy atom. The van der Waals surface area contributed by atoms with E-state index in [0.29, 0.717) is 3.63 Å². The summed E-state index contributed by atoms with van der Waals surface area (Å²) in [6, 6.07) is 28.9. The van der Waals surface area contributed by atoms with Crippen molar-refractivity contribution in [3.63, 3.8) is 0 Å². The van der Waals surface area contributed by atoms with Gasteiger partial charge < -0.3 is 24.8 Å². The van der Waals surface area contributed by atoms with Crippen molar-refractivity contribution in [3.8, 4) is 16.8 Å². The number of hydrogen-bond acceptors (Lipinski definition) is 0. The summed E-state index contributed by atoms with van der Waals surface area (Å²) in [4.78, 5) is 0. The van der Waals surface area contributed by atoms with Gasteiger partial charge in [-0.25, -0.2) is 0 Å². The number of benzene rings is 3. The van der Waals surface area contributed by atoms with Gasteiger partial charge in [-0.1, -0.05) is 0 Å². The monoisotopic (exact) mass is 718 g/mol. The molecule has 0 fully saturated rings. The molecular weight excluding hydrogens is 681 g/mol. The van der Waals surface area contributed by atoms with Crippen molar-refractivity contribution in [2.75, 3.05) is 0 Å². The van der Waals surface area contributed by atoms with E-state index in [1.165, 1.54) is 39.1 Å². The first-order valence-corrected chi connectivity index (χ1v) is 22.0. The van der Waals surface area contributed by atoms with Gasteiger partial charge in [0, 0.05) is 0 Å². The predicted molar refractivity (Wildman–Crippen MR) is 166 cm³/mol. The van der Waals surface area contributed by atoms with Gasteiger partial charge in [0.05, 0.1) is 0 Å². The summed E-state index contributed by atoms with van der Waals surface area (Å²) in [6.07, 6.45) is 4.62. The van der Waals surface area contributed by atoms with Gasteiger partial charge in [-0.05, 0) is 0 Å². The first-order chi connectivity index (χ1) is 18.5. The zero-order chi connectivity index (χ0) is 27.7. The second-order valence-corrected chi connectivity index (χ2v) is 23.9. The molecule has 5 heteroatoms. The van der Waals surface area contributed by atoms with Crippen molar-refractivity contribution in [1.82, 2.24) is 4.57 Å². The molecule has 0 amide bonds. The molecule has 2 unspecified atom stereocenters. The van der Waals surface area contributed by atoms with Crippen LogP contribution in [-0.2, 0) is 30.1 Å². The molecule has 0 saturated carbocycles. The molecule has 1 aromatic heterocycles. The quantitative estimate of drug-likeness (QED) is 0.278. The summed E-state index contributed by atoms with van der Waals surface area (Å²) in [5.41, 5.74) is 14.9. The summed E-state index contributed by atoms with van der Waals surface area (Å²) < 4.78 is 5.62. The van der Waals surface area contributed by atoms with Crippen LogP contribution >= 0.6 is 0 Å². The van der Waals surface area contributed by atoms with Crippen LogP contribution in [0.4, 0.5) is 0 Å². The number of halogens is 2. The van der Waals surface area contributed by atoms with E-state index in [1.807, 2.05) is 0 Å². The van der Waals surface area contributed by atoms with Gasteiger partial charge in [-0.2, -0.15) is 0 Å². The second-order valence-electron chi connectivity index (χ2n) is 13.0. The molecule has 2 aliphatic carbocycles. The summed E-state index contributed by atoms with van der Waals surface area (Å²) in [5.74, 6) is 5.12. The summed E-state index contributed by atoms with van der Waals surface area (Å²) in [5, 5.41) is 0. The molecule has 0 radical (unpaired) electrons. The van der Waals surface area contributed by atoms with E-state index in [4.69, 9.17) is 0 Å². The van der Waals surface area contributed by atoms with Gasteiger partial charge in [-0.3, -0.25) is 0 Å². The van der Waals surface area contributed by atoms with Crippen LogP contribution in [-0.4, -0.2) is 17.8 Å². The van der Waals surface area contributed by atoms with Gasteiger partial charge in [0.2, 0.25) is 0 Å². The zero-order valence-electron chi connectivity index (χ0n) is 25.0. The van der Waals surface area contributed by atoms with Crippen LogP contribution in [0.3, 0.4) is 0 Å². The molecule has 209 valence electrons. The first-order valence-electron chi connectivity index (χ1n) is 14.1. The maximum absolute atomic E-state index is 2.56. The average molecular weight is 719 g/mol. The number of para-hydroxylation sites is 1. The van der Waals surface area contributed by atoms with Crippen LogP contribution in [0.5, 0.6) is 0 Å². The number of nitrogens with zero attached hydrogens (tertiary/aromatic N) is 1. The van der Waals surface area contributed by atoms with E-state index in [-0.39, 0.29) is 30.2 Å². The maximum atomic E-state index is 2.56. The Hall–Kier alpha value is -1.57. The topological polar surface area (TPSA) is 4.93 Å². The van der Waals surface area contributed by atoms with Crippen molar-refractivity contribution in [2.45, 2.75) is 59.9 Å². The normalized spacial score (nSPS) is 19.1. The summed E-state index contributed by atoms with van der Waals surface area (Å²) in [6.45, 7) is 11.4. The Kier molecular flexibility index (Phi) is 9.34. The molecular formula is C36H38Cl2GeNZr. The predicted octanol–water partition coefficient (Wildman–Crippen LogP) is 3.81. The molecule has 2 bridgehead atoms. The number of aromatic nitrogens is 1. The summed E-state index contributed by atoms with van der Waals surface area (Å²) >= 11 is -0.111. The smallest absolute Gasteiger partial charge is 1.00 e. The molecule has 8 rings (SSSR count). The number of hydrogen-bond donors (Lipinski definition) is 0. The Balaban J connectivity index is 0.000000182. The fourth-order valence-electron chi connectivity index (χ4n) is 7.08. The van der Waals surface area contributed by atoms with E-state index in [9.17, 15) is 0 Å². The fourth-order valence-corrected chi connectivity index (χ4v) is 17.0. The van der Waals surface area contributed by atoms with E-state index in [2.05, 4.69) is 142 Å². The van der Waals surface area contributed by atoms with Gasteiger partial charge >= 0.3 is 254 Å². The molecule has 0 N–H and O–H groups in total. The third-order valence-corrected chi connectivity index (χ3v) is 19.5. The van der Waals surface area contributed by atoms with Crippen molar-refractivity contribution < 1.29 is 49.5 Å². The van der Waals surface area contributed by atoms with Crippen molar-refractivity contribution in [1.29, 1.82) is 0 Å². The molecule has 0 saturated heterocycles. The largest absolute Gasteiger partial charge is 1.00 e. The van der Waals surface area contributed by atoms with E-state index < -0.39 is 13.3 Å². The molecule has 1 nitrogen and oxygen atoms in total. The fraction of sp³-hybridized carbons (Fsp3) is 0.278. The average Bonchev–Trinajstić information content (AvgIpc) is 3.60. The van der Waals surface area contributed by atoms with Crippen LogP contribution in [0, 0.1) is 0 Å².